The van der Waals surface area contributed by atoms with E-state index in [4.69, 9.17) is 9.26 Å². The van der Waals surface area contributed by atoms with Crippen molar-refractivity contribution < 1.29 is 14.1 Å². The highest BCUT2D eigenvalue weighted by molar-refractivity contribution is 7.09. The van der Waals surface area contributed by atoms with Crippen molar-refractivity contribution in [2.24, 2.45) is 0 Å². The van der Waals surface area contributed by atoms with Crippen LogP contribution in [0, 0.1) is 0 Å². The van der Waals surface area contributed by atoms with Crippen LogP contribution in [-0.4, -0.2) is 32.3 Å². The molecule has 0 aliphatic heterocycles. The first-order valence-corrected chi connectivity index (χ1v) is 6.55. The van der Waals surface area contributed by atoms with Crippen LogP contribution in [0.3, 0.4) is 0 Å². The average Bonchev–Trinajstić information content (AvgIpc) is 2.97. The molecular formula is C11H14N4O3S. The molecule has 8 heteroatoms. The minimum Gasteiger partial charge on any atom is -0.460 e. The third kappa shape index (κ3) is 2.78. The van der Waals surface area contributed by atoms with Crippen molar-refractivity contribution in [2.45, 2.75) is 33.1 Å². The lowest BCUT2D eigenvalue weighted by Crippen LogP contribution is -2.13. The summed E-state index contributed by atoms with van der Waals surface area (Å²) in [5, 5.41) is 7.68. The Bertz CT molecular complexity index is 585. The van der Waals surface area contributed by atoms with E-state index in [1.807, 2.05) is 20.8 Å². The molecule has 2 rings (SSSR count). The molecule has 2 heterocycles. The lowest BCUT2D eigenvalue weighted by Gasteiger charge is -2.14. The van der Waals surface area contributed by atoms with Gasteiger partial charge in [0.05, 0.1) is 12.3 Å². The van der Waals surface area contributed by atoms with Gasteiger partial charge < -0.3 is 9.26 Å². The maximum atomic E-state index is 11.5. The number of hydrogen-bond acceptors (Lipinski definition) is 8. The molecule has 0 unspecified atom stereocenters. The van der Waals surface area contributed by atoms with E-state index in [0.29, 0.717) is 4.88 Å². The zero-order valence-corrected chi connectivity index (χ0v) is 11.9. The second-order valence-corrected chi connectivity index (χ2v) is 5.60. The van der Waals surface area contributed by atoms with Crippen LogP contribution in [0.25, 0.3) is 10.8 Å². The normalized spacial score (nSPS) is 11.6. The molecule has 7 nitrogen and oxygen atoms in total. The first-order chi connectivity index (χ1) is 8.93. The Hall–Kier alpha value is -1.83. The van der Waals surface area contributed by atoms with Gasteiger partial charge in [0.1, 0.15) is 4.88 Å². The zero-order valence-electron chi connectivity index (χ0n) is 11.1. The van der Waals surface area contributed by atoms with E-state index >= 15 is 0 Å². The van der Waals surface area contributed by atoms with Crippen molar-refractivity contribution in [3.05, 3.63) is 11.5 Å². The van der Waals surface area contributed by atoms with Gasteiger partial charge in [-0.05, 0) is 23.6 Å². The maximum Gasteiger partial charge on any atom is 0.379 e. The summed E-state index contributed by atoms with van der Waals surface area (Å²) in [5.41, 5.74) is 0.567. The van der Waals surface area contributed by atoms with Crippen molar-refractivity contribution in [3.8, 4) is 10.8 Å². The molecular weight excluding hydrogens is 268 g/mol. The molecule has 0 fully saturated rings. The van der Waals surface area contributed by atoms with E-state index in [2.05, 4.69) is 19.7 Å². The summed E-state index contributed by atoms with van der Waals surface area (Å²) >= 11 is 1.16. The number of carbonyl (C=O) groups excluding carboxylic acids is 1. The minimum absolute atomic E-state index is 0.0925. The molecule has 0 aliphatic carbocycles. The van der Waals surface area contributed by atoms with Gasteiger partial charge in [-0.2, -0.15) is 4.98 Å². The molecule has 2 aromatic heterocycles. The van der Waals surface area contributed by atoms with Gasteiger partial charge in [0.15, 0.2) is 0 Å². The number of carbonyl (C=O) groups is 1. The van der Waals surface area contributed by atoms with Gasteiger partial charge in [-0.15, -0.1) is 5.10 Å². The van der Waals surface area contributed by atoms with Crippen LogP contribution in [0.2, 0.25) is 0 Å². The van der Waals surface area contributed by atoms with Gasteiger partial charge >= 0.3 is 5.97 Å². The molecule has 0 saturated heterocycles. The second kappa shape index (κ2) is 5.04. The molecule has 0 aliphatic rings. The fourth-order valence-corrected chi connectivity index (χ4v) is 2.21. The van der Waals surface area contributed by atoms with Crippen molar-refractivity contribution in [1.82, 2.24) is 19.7 Å². The van der Waals surface area contributed by atoms with E-state index in [9.17, 15) is 4.79 Å². The zero-order chi connectivity index (χ0) is 14.0. The van der Waals surface area contributed by atoms with E-state index in [0.717, 1.165) is 17.2 Å². The van der Waals surface area contributed by atoms with Crippen LogP contribution < -0.4 is 0 Å². The SMILES string of the molecule is CCOC(=O)c1noc(-c2snnc2C(C)(C)C)n1. The number of hydrogen-bond donors (Lipinski definition) is 0. The standard InChI is InChI=1S/C11H14N4O3S/c1-5-17-10(16)8-12-9(18-14-8)6-7(11(2,3)4)13-15-19-6/h5H2,1-4H3. The number of ether oxygens (including phenoxy) is 1. The van der Waals surface area contributed by atoms with Gasteiger partial charge in [-0.1, -0.05) is 25.3 Å². The molecule has 102 valence electrons. The maximum absolute atomic E-state index is 11.5. The minimum atomic E-state index is -0.604. The van der Waals surface area contributed by atoms with Crippen LogP contribution in [0.4, 0.5) is 0 Å². The van der Waals surface area contributed by atoms with Gasteiger partial charge in [-0.25, -0.2) is 4.79 Å². The highest BCUT2D eigenvalue weighted by atomic mass is 32.1. The van der Waals surface area contributed by atoms with Crippen LogP contribution in [-0.2, 0) is 10.2 Å². The fourth-order valence-electron chi connectivity index (χ4n) is 1.42. The lowest BCUT2D eigenvalue weighted by atomic mass is 9.91. The van der Waals surface area contributed by atoms with Gasteiger partial charge in [0, 0.05) is 5.41 Å². The van der Waals surface area contributed by atoms with E-state index in [-0.39, 0.29) is 23.7 Å². The first kappa shape index (κ1) is 13.6. The monoisotopic (exact) mass is 282 g/mol. The summed E-state index contributed by atoms with van der Waals surface area (Å²) in [5.74, 6) is -0.458. The number of esters is 1. The van der Waals surface area contributed by atoms with E-state index in [1.165, 1.54) is 0 Å². The lowest BCUT2D eigenvalue weighted by molar-refractivity contribution is 0.0508. The number of rotatable bonds is 3. The summed E-state index contributed by atoms with van der Waals surface area (Å²) in [6, 6.07) is 0. The van der Waals surface area contributed by atoms with Gasteiger partial charge in [0.25, 0.3) is 11.7 Å². The molecule has 0 aromatic carbocycles. The molecule has 2 aromatic rings. The Labute approximate surface area is 114 Å². The van der Waals surface area contributed by atoms with E-state index < -0.39 is 5.97 Å². The summed E-state index contributed by atoms with van der Waals surface area (Å²) < 4.78 is 13.8. The first-order valence-electron chi connectivity index (χ1n) is 5.77. The molecule has 0 N–H and O–H groups in total. The van der Waals surface area contributed by atoms with Crippen LogP contribution >= 0.6 is 11.5 Å². The largest absolute Gasteiger partial charge is 0.460 e. The third-order valence-electron chi connectivity index (χ3n) is 2.28. The Morgan fingerprint density at radius 1 is 1.42 bits per heavy atom. The summed E-state index contributed by atoms with van der Waals surface area (Å²) in [7, 11) is 0. The van der Waals surface area contributed by atoms with Gasteiger partial charge in [0.2, 0.25) is 0 Å². The predicted octanol–water partition coefficient (Wildman–Crippen LogP) is 2.06. The molecule has 19 heavy (non-hydrogen) atoms. The summed E-state index contributed by atoms with van der Waals surface area (Å²) in [6.45, 7) is 8.00. The molecule has 0 radical (unpaired) electrons. The summed E-state index contributed by atoms with van der Waals surface area (Å²) in [6.07, 6.45) is 0. The fraction of sp³-hybridized carbons (Fsp3) is 0.545. The molecule has 0 bridgehead atoms. The quantitative estimate of drug-likeness (QED) is 0.795. The Morgan fingerprint density at radius 2 is 2.16 bits per heavy atom. The molecule has 0 spiro atoms. The third-order valence-corrected chi connectivity index (χ3v) is 2.99. The Morgan fingerprint density at radius 3 is 2.79 bits per heavy atom. The highest BCUT2D eigenvalue weighted by Gasteiger charge is 2.27. The van der Waals surface area contributed by atoms with Crippen molar-refractivity contribution in [3.63, 3.8) is 0 Å². The van der Waals surface area contributed by atoms with Gasteiger partial charge in [-0.3, -0.25) is 0 Å². The smallest absolute Gasteiger partial charge is 0.379 e. The Kier molecular flexibility index (Phi) is 3.61. The second-order valence-electron chi connectivity index (χ2n) is 4.84. The van der Waals surface area contributed by atoms with Crippen molar-refractivity contribution >= 4 is 17.5 Å². The van der Waals surface area contributed by atoms with E-state index in [1.54, 1.807) is 6.92 Å². The summed E-state index contributed by atoms with van der Waals surface area (Å²) in [4.78, 5) is 16.2. The highest BCUT2D eigenvalue weighted by Crippen LogP contribution is 2.32. The molecule has 0 saturated carbocycles. The average molecular weight is 282 g/mol. The molecule has 0 atom stereocenters. The predicted molar refractivity (Wildman–Crippen MR) is 67.9 cm³/mol. The van der Waals surface area contributed by atoms with Crippen molar-refractivity contribution in [1.29, 1.82) is 0 Å². The number of aromatic nitrogens is 4. The van der Waals surface area contributed by atoms with Crippen LogP contribution in [0.15, 0.2) is 4.52 Å². The topological polar surface area (TPSA) is 91.0 Å². The molecule has 0 amide bonds. The number of nitrogens with zero attached hydrogens (tertiary/aromatic N) is 4. The van der Waals surface area contributed by atoms with Crippen LogP contribution in [0.1, 0.15) is 44.0 Å². The Balaban J connectivity index is 2.34. The van der Waals surface area contributed by atoms with Crippen molar-refractivity contribution in [2.75, 3.05) is 6.61 Å². The van der Waals surface area contributed by atoms with Crippen LogP contribution in [0.5, 0.6) is 0 Å².